The molecule has 1 aliphatic carbocycles. The van der Waals surface area contributed by atoms with Crippen molar-refractivity contribution < 1.29 is 42.5 Å². The predicted octanol–water partition coefficient (Wildman–Crippen LogP) is 1.18. The molecule has 11 heteroatoms. The quantitative estimate of drug-likeness (QED) is 0.405. The lowest BCUT2D eigenvalue weighted by atomic mass is 9.87. The van der Waals surface area contributed by atoms with Crippen LogP contribution in [0.25, 0.3) is 22.2 Å². The minimum absolute atomic E-state index is 0.0658. The van der Waals surface area contributed by atoms with Crippen LogP contribution in [0.1, 0.15) is 46.1 Å². The van der Waals surface area contributed by atoms with Crippen molar-refractivity contribution in [2.24, 2.45) is 5.92 Å². The van der Waals surface area contributed by atoms with Crippen molar-refractivity contribution in [1.29, 1.82) is 0 Å². The summed E-state index contributed by atoms with van der Waals surface area (Å²) in [6, 6.07) is 5.00. The van der Waals surface area contributed by atoms with Crippen molar-refractivity contribution in [2.45, 2.75) is 46.1 Å². The maximum absolute atomic E-state index is 14.3. The number of hydrogen-bond donors (Lipinski definition) is 1. The van der Waals surface area contributed by atoms with Gasteiger partial charge in [0, 0.05) is 5.54 Å². The Labute approximate surface area is 230 Å². The van der Waals surface area contributed by atoms with Crippen LogP contribution in [-0.4, -0.2) is 57.9 Å². The first-order valence-corrected chi connectivity index (χ1v) is 12.4. The van der Waals surface area contributed by atoms with Gasteiger partial charge in [-0.25, -0.2) is 14.4 Å². The topological polar surface area (TPSA) is 147 Å². The fourth-order valence-electron chi connectivity index (χ4n) is 4.49. The molecule has 1 aromatic carbocycles. The van der Waals surface area contributed by atoms with Crippen molar-refractivity contribution in [1.82, 2.24) is 5.32 Å². The summed E-state index contributed by atoms with van der Waals surface area (Å²) in [4.78, 5) is 67.7. The molecule has 1 heterocycles. The van der Waals surface area contributed by atoms with Gasteiger partial charge in [0.05, 0.1) is 61.5 Å². The van der Waals surface area contributed by atoms with Crippen molar-refractivity contribution in [3.8, 4) is 0 Å². The monoisotopic (exact) mass is 555 g/mol. The Bertz CT molecular complexity index is 1620. The molecule has 2 aromatic rings. The van der Waals surface area contributed by atoms with E-state index in [1.165, 1.54) is 0 Å². The minimum atomic E-state index is -1.88. The Kier molecular flexibility index (Phi) is 8.57. The zero-order chi connectivity index (χ0) is 30.1. The lowest BCUT2D eigenvalue weighted by Gasteiger charge is -2.26. The Morgan fingerprint density at radius 3 is 1.95 bits per heavy atom. The van der Waals surface area contributed by atoms with Gasteiger partial charge in [0.25, 0.3) is 0 Å². The first kappa shape index (κ1) is 30.1. The average Bonchev–Trinajstić information content (AvgIpc) is 3.03. The lowest BCUT2D eigenvalue weighted by molar-refractivity contribution is -0.147. The smallest absolute Gasteiger partial charge is 0.340 e. The molecule has 40 heavy (non-hydrogen) atoms. The van der Waals surface area contributed by atoms with Crippen LogP contribution in [0.2, 0.25) is 0 Å². The van der Waals surface area contributed by atoms with Gasteiger partial charge in [-0.3, -0.25) is 9.59 Å². The number of esters is 4. The zero-order valence-corrected chi connectivity index (χ0v) is 24.0. The standard InChI is InChI=1S/C29H33NO10/c1-13(2)14-10-11-16-15(12-14)23(31)21-22(30-29(3,4)5)19(27(34)38-8)17(25(32)36-6)18(26(33)37-7)20(24(21)40-16)28(35)39-9/h10-13,18,30H,1-9H3. The number of nitrogens with one attached hydrogen (secondary N) is 1. The number of ether oxygens (including phenoxy) is 4. The van der Waals surface area contributed by atoms with E-state index in [0.717, 1.165) is 34.0 Å². The summed E-state index contributed by atoms with van der Waals surface area (Å²) >= 11 is 0. The second kappa shape index (κ2) is 11.4. The Morgan fingerprint density at radius 1 is 0.875 bits per heavy atom. The second-order valence-corrected chi connectivity index (χ2v) is 10.4. The summed E-state index contributed by atoms with van der Waals surface area (Å²) < 4.78 is 26.1. The molecule has 1 unspecified atom stereocenters. The highest BCUT2D eigenvalue weighted by Crippen LogP contribution is 2.33. The number of carbonyl (C=O) groups is 4. The third-order valence-corrected chi connectivity index (χ3v) is 6.31. The van der Waals surface area contributed by atoms with Gasteiger partial charge in [-0.05, 0) is 44.4 Å². The van der Waals surface area contributed by atoms with E-state index < -0.39 is 57.5 Å². The molecular formula is C29H33NO10. The van der Waals surface area contributed by atoms with Crippen molar-refractivity contribution in [3.63, 3.8) is 0 Å². The van der Waals surface area contributed by atoms with Crippen LogP contribution in [0.4, 0.5) is 0 Å². The van der Waals surface area contributed by atoms with Crippen LogP contribution in [0.15, 0.2) is 38.6 Å². The molecule has 1 N–H and O–H groups in total. The van der Waals surface area contributed by atoms with E-state index in [4.69, 9.17) is 23.4 Å². The summed E-state index contributed by atoms with van der Waals surface area (Å²) in [7, 11) is 4.21. The maximum Gasteiger partial charge on any atom is 0.340 e. The summed E-state index contributed by atoms with van der Waals surface area (Å²) in [6.07, 6.45) is 0. The van der Waals surface area contributed by atoms with Gasteiger partial charge >= 0.3 is 23.9 Å². The number of benzene rings is 1. The van der Waals surface area contributed by atoms with E-state index in [1.54, 1.807) is 39.0 Å². The van der Waals surface area contributed by atoms with Crippen LogP contribution < -0.4 is 21.4 Å². The number of carbonyl (C=O) groups excluding carboxylic acids is 4. The van der Waals surface area contributed by atoms with E-state index in [2.05, 4.69) is 5.32 Å². The summed E-state index contributed by atoms with van der Waals surface area (Å²) in [5, 5.41) is 2.99. The molecule has 0 spiro atoms. The van der Waals surface area contributed by atoms with Crippen molar-refractivity contribution >= 4 is 46.1 Å². The Hall–Kier alpha value is -4.41. The number of rotatable bonds is 6. The number of fused-ring (bicyclic) bond motifs is 2. The molecule has 0 radical (unpaired) electrons. The predicted molar refractivity (Wildman–Crippen MR) is 144 cm³/mol. The molecule has 214 valence electrons. The van der Waals surface area contributed by atoms with Gasteiger partial charge in [-0.15, -0.1) is 0 Å². The first-order chi connectivity index (χ1) is 18.7. The zero-order valence-electron chi connectivity index (χ0n) is 24.0. The Balaban J connectivity index is 2.89. The lowest BCUT2D eigenvalue weighted by Crippen LogP contribution is -2.49. The van der Waals surface area contributed by atoms with Crippen LogP contribution in [0.3, 0.4) is 0 Å². The van der Waals surface area contributed by atoms with Gasteiger partial charge in [0.1, 0.15) is 11.5 Å². The molecule has 0 amide bonds. The molecule has 3 rings (SSSR count). The highest BCUT2D eigenvalue weighted by atomic mass is 16.5. The largest absolute Gasteiger partial charge is 0.468 e. The number of hydrogen-bond acceptors (Lipinski definition) is 11. The van der Waals surface area contributed by atoms with E-state index in [-0.39, 0.29) is 33.2 Å². The second-order valence-electron chi connectivity index (χ2n) is 10.4. The van der Waals surface area contributed by atoms with Gasteiger partial charge in [0.15, 0.2) is 5.42 Å². The fraction of sp³-hybridized carbons (Fsp3) is 0.414. The first-order valence-electron chi connectivity index (χ1n) is 12.4. The average molecular weight is 556 g/mol. The summed E-state index contributed by atoms with van der Waals surface area (Å²) in [5.41, 5.74) is -2.66. The van der Waals surface area contributed by atoms with Gasteiger partial charge in [-0.1, -0.05) is 19.9 Å². The van der Waals surface area contributed by atoms with Crippen LogP contribution in [0.5, 0.6) is 0 Å². The van der Waals surface area contributed by atoms with Crippen LogP contribution in [0, 0.1) is 5.92 Å². The highest BCUT2D eigenvalue weighted by Gasteiger charge is 2.45. The molecule has 0 saturated carbocycles. The van der Waals surface area contributed by atoms with Gasteiger partial charge in [0.2, 0.25) is 5.43 Å². The molecule has 1 atom stereocenters. The molecule has 0 bridgehead atoms. The van der Waals surface area contributed by atoms with Crippen LogP contribution in [-0.2, 0) is 38.1 Å². The molecule has 0 fully saturated rings. The molecule has 1 aliphatic rings. The minimum Gasteiger partial charge on any atom is -0.468 e. The van der Waals surface area contributed by atoms with E-state index >= 15 is 0 Å². The van der Waals surface area contributed by atoms with E-state index in [0.29, 0.717) is 0 Å². The Morgan fingerprint density at radius 2 is 1.45 bits per heavy atom. The third-order valence-electron chi connectivity index (χ3n) is 6.31. The van der Waals surface area contributed by atoms with Gasteiger partial charge in [-0.2, -0.15) is 0 Å². The molecule has 0 aliphatic heterocycles. The van der Waals surface area contributed by atoms with Crippen molar-refractivity contribution in [2.75, 3.05) is 28.4 Å². The molecule has 0 saturated heterocycles. The maximum atomic E-state index is 14.3. The summed E-state index contributed by atoms with van der Waals surface area (Å²) in [6.45, 7) is 9.16. The molecule has 11 nitrogen and oxygen atoms in total. The number of methoxy groups -OCH3 is 4. The summed E-state index contributed by atoms with van der Waals surface area (Å²) in [5.74, 6) is -6.24. The van der Waals surface area contributed by atoms with Gasteiger partial charge < -0.3 is 28.7 Å². The highest BCUT2D eigenvalue weighted by molar-refractivity contribution is 6.22. The SMILES string of the molecule is COC(=O)C1=C(C(=O)OC)C(C(=O)OC)C(C(=O)OC)=c2oc3ccc(C(C)C)cc3c(=O)c2=C1NC(C)(C)C. The van der Waals surface area contributed by atoms with E-state index in [9.17, 15) is 24.0 Å². The van der Waals surface area contributed by atoms with Crippen molar-refractivity contribution in [3.05, 3.63) is 55.8 Å². The fourth-order valence-corrected chi connectivity index (χ4v) is 4.49. The third kappa shape index (κ3) is 5.36. The van der Waals surface area contributed by atoms with E-state index in [1.807, 2.05) is 13.8 Å². The molecule has 1 aromatic heterocycles. The molecular weight excluding hydrogens is 522 g/mol. The normalized spacial score (nSPS) is 15.4. The van der Waals surface area contributed by atoms with Crippen LogP contribution >= 0.6 is 0 Å².